The number of likely N-dealkylation sites (tertiary alicyclic amines) is 1. The Morgan fingerprint density at radius 1 is 1.31 bits per heavy atom. The van der Waals surface area contributed by atoms with E-state index < -0.39 is 0 Å². The summed E-state index contributed by atoms with van der Waals surface area (Å²) in [5.41, 5.74) is 6.82. The molecule has 0 saturated carbocycles. The third-order valence-electron chi connectivity index (χ3n) is 5.49. The quantitative estimate of drug-likeness (QED) is 0.508. The van der Waals surface area contributed by atoms with Gasteiger partial charge in [-0.05, 0) is 52.3 Å². The van der Waals surface area contributed by atoms with Crippen molar-refractivity contribution in [2.45, 2.75) is 45.8 Å². The van der Waals surface area contributed by atoms with Gasteiger partial charge in [0.1, 0.15) is 11.8 Å². The number of carbonyl (C=O) groups is 2. The smallest absolute Gasteiger partial charge is 0.324 e. The molecule has 1 aromatic rings. The van der Waals surface area contributed by atoms with E-state index in [9.17, 15) is 9.59 Å². The number of rotatable bonds is 8. The van der Waals surface area contributed by atoms with Crippen LogP contribution in [0.1, 0.15) is 44.0 Å². The van der Waals surface area contributed by atoms with Crippen LogP contribution in [-0.4, -0.2) is 61.6 Å². The van der Waals surface area contributed by atoms with Gasteiger partial charge in [-0.3, -0.25) is 15.0 Å². The predicted molar refractivity (Wildman–Crippen MR) is 111 cm³/mol. The van der Waals surface area contributed by atoms with Gasteiger partial charge >= 0.3 is 5.97 Å². The summed E-state index contributed by atoms with van der Waals surface area (Å²) in [6.45, 7) is 9.30. The van der Waals surface area contributed by atoms with Gasteiger partial charge in [0.15, 0.2) is 5.78 Å². The molecule has 3 rings (SSSR count). The average molecular weight is 404 g/mol. The third-order valence-corrected chi connectivity index (χ3v) is 5.49. The molecule has 3 unspecified atom stereocenters. The number of ketones is 1. The van der Waals surface area contributed by atoms with Crippen molar-refractivity contribution in [3.63, 3.8) is 0 Å². The van der Waals surface area contributed by atoms with Crippen molar-refractivity contribution in [2.24, 2.45) is 11.8 Å². The second kappa shape index (κ2) is 10.2. The Bertz CT molecular complexity index is 709. The number of hydrogen-bond acceptors (Lipinski definition) is 7. The molecule has 2 heterocycles. The van der Waals surface area contributed by atoms with Gasteiger partial charge in [-0.25, -0.2) is 5.43 Å². The SMILES string of the molecule is CCOC(=O)C1NNCC1CN1CCCC(C(=O)c2cccc(OC(C)C)c2)C1. The van der Waals surface area contributed by atoms with Crippen molar-refractivity contribution < 1.29 is 19.1 Å². The van der Waals surface area contributed by atoms with Crippen LogP contribution in [0.25, 0.3) is 0 Å². The highest BCUT2D eigenvalue weighted by molar-refractivity contribution is 5.98. The van der Waals surface area contributed by atoms with Crippen LogP contribution >= 0.6 is 0 Å². The summed E-state index contributed by atoms with van der Waals surface area (Å²) >= 11 is 0. The fourth-order valence-corrected chi connectivity index (χ4v) is 4.19. The molecule has 3 atom stereocenters. The molecule has 2 aliphatic rings. The molecular formula is C22H33N3O4. The molecule has 0 aromatic heterocycles. The maximum atomic E-state index is 13.1. The number of ether oxygens (including phenoxy) is 2. The van der Waals surface area contributed by atoms with Crippen molar-refractivity contribution in [3.8, 4) is 5.75 Å². The molecule has 2 N–H and O–H groups in total. The Labute approximate surface area is 173 Å². The minimum Gasteiger partial charge on any atom is -0.491 e. The van der Waals surface area contributed by atoms with Crippen molar-refractivity contribution >= 4 is 11.8 Å². The second-order valence-corrected chi connectivity index (χ2v) is 8.17. The summed E-state index contributed by atoms with van der Waals surface area (Å²) < 4.78 is 10.9. The van der Waals surface area contributed by atoms with Crippen LogP contribution in [0.15, 0.2) is 24.3 Å². The Kier molecular flexibility index (Phi) is 7.64. The number of nitrogens with one attached hydrogen (secondary N) is 2. The molecule has 0 amide bonds. The van der Waals surface area contributed by atoms with Crippen LogP contribution in [-0.2, 0) is 9.53 Å². The first-order valence-corrected chi connectivity index (χ1v) is 10.7. The van der Waals surface area contributed by atoms with Crippen LogP contribution in [0.2, 0.25) is 0 Å². The van der Waals surface area contributed by atoms with Crippen LogP contribution < -0.4 is 15.6 Å². The summed E-state index contributed by atoms with van der Waals surface area (Å²) in [5, 5.41) is 0. The monoisotopic (exact) mass is 403 g/mol. The molecule has 29 heavy (non-hydrogen) atoms. The van der Waals surface area contributed by atoms with E-state index in [-0.39, 0.29) is 35.7 Å². The highest BCUT2D eigenvalue weighted by atomic mass is 16.5. The van der Waals surface area contributed by atoms with E-state index in [1.54, 1.807) is 0 Å². The van der Waals surface area contributed by atoms with Crippen LogP contribution in [0, 0.1) is 11.8 Å². The Hall–Kier alpha value is -1.96. The fraction of sp³-hybridized carbons (Fsp3) is 0.636. The number of carbonyl (C=O) groups excluding carboxylic acids is 2. The Balaban J connectivity index is 1.60. The maximum Gasteiger partial charge on any atom is 0.324 e. The standard InChI is InChI=1S/C22H33N3O4/c1-4-28-22(27)20-18(12-23-24-20)14-25-10-6-8-17(13-25)21(26)16-7-5-9-19(11-16)29-15(2)3/h5,7,9,11,15,17-18,20,23-24H,4,6,8,10,12-14H2,1-3H3. The van der Waals surface area contributed by atoms with Crippen molar-refractivity contribution in [1.82, 2.24) is 15.8 Å². The van der Waals surface area contributed by atoms with Gasteiger partial charge < -0.3 is 14.4 Å². The molecule has 0 spiro atoms. The summed E-state index contributed by atoms with van der Waals surface area (Å²) in [6.07, 6.45) is 1.95. The van der Waals surface area contributed by atoms with E-state index in [2.05, 4.69) is 15.8 Å². The van der Waals surface area contributed by atoms with Gasteiger partial charge in [-0.15, -0.1) is 0 Å². The van der Waals surface area contributed by atoms with Gasteiger partial charge in [-0.2, -0.15) is 0 Å². The zero-order chi connectivity index (χ0) is 20.8. The minimum absolute atomic E-state index is 0.0265. The highest BCUT2D eigenvalue weighted by Gasteiger charge is 2.36. The number of piperidine rings is 1. The van der Waals surface area contributed by atoms with E-state index in [0.717, 1.165) is 38.2 Å². The lowest BCUT2D eigenvalue weighted by Crippen LogP contribution is -2.46. The Morgan fingerprint density at radius 3 is 2.90 bits per heavy atom. The molecule has 2 saturated heterocycles. The number of benzene rings is 1. The van der Waals surface area contributed by atoms with Crippen LogP contribution in [0.5, 0.6) is 5.75 Å². The van der Waals surface area contributed by atoms with Gasteiger partial charge in [-0.1, -0.05) is 12.1 Å². The number of hydrazine groups is 1. The lowest BCUT2D eigenvalue weighted by atomic mass is 9.89. The highest BCUT2D eigenvalue weighted by Crippen LogP contribution is 2.25. The predicted octanol–water partition coefficient (Wildman–Crippen LogP) is 2.02. The summed E-state index contributed by atoms with van der Waals surface area (Å²) in [5.74, 6) is 0.800. The van der Waals surface area contributed by atoms with Crippen LogP contribution in [0.3, 0.4) is 0 Å². The fourth-order valence-electron chi connectivity index (χ4n) is 4.19. The lowest BCUT2D eigenvalue weighted by Gasteiger charge is -2.34. The van der Waals surface area contributed by atoms with Gasteiger partial charge in [0.25, 0.3) is 0 Å². The molecule has 1 aromatic carbocycles. The topological polar surface area (TPSA) is 79.9 Å². The second-order valence-electron chi connectivity index (χ2n) is 8.17. The molecule has 160 valence electrons. The van der Waals surface area contributed by atoms with E-state index in [1.165, 1.54) is 0 Å². The normalized spacial score (nSPS) is 25.2. The van der Waals surface area contributed by atoms with E-state index >= 15 is 0 Å². The molecule has 0 radical (unpaired) electrons. The maximum absolute atomic E-state index is 13.1. The van der Waals surface area contributed by atoms with Gasteiger partial charge in [0.05, 0.1) is 12.7 Å². The van der Waals surface area contributed by atoms with Crippen molar-refractivity contribution in [3.05, 3.63) is 29.8 Å². The summed E-state index contributed by atoms with van der Waals surface area (Å²) in [4.78, 5) is 27.6. The molecule has 2 aliphatic heterocycles. The summed E-state index contributed by atoms with van der Waals surface area (Å²) in [6, 6.07) is 7.15. The van der Waals surface area contributed by atoms with Crippen molar-refractivity contribution in [2.75, 3.05) is 32.8 Å². The molecule has 0 aliphatic carbocycles. The number of esters is 1. The average Bonchev–Trinajstić information content (AvgIpc) is 3.16. The Morgan fingerprint density at radius 2 is 2.14 bits per heavy atom. The number of nitrogens with zero attached hydrogens (tertiary/aromatic N) is 1. The van der Waals surface area contributed by atoms with E-state index in [4.69, 9.17) is 9.47 Å². The molecule has 7 heteroatoms. The first-order chi connectivity index (χ1) is 14.0. The first kappa shape index (κ1) is 21.7. The van der Waals surface area contributed by atoms with E-state index in [1.807, 2.05) is 45.0 Å². The minimum atomic E-state index is -0.337. The zero-order valence-corrected chi connectivity index (χ0v) is 17.6. The summed E-state index contributed by atoms with van der Waals surface area (Å²) in [7, 11) is 0. The number of Topliss-reactive ketones (excluding diaryl/α,β-unsaturated/α-hetero) is 1. The zero-order valence-electron chi connectivity index (χ0n) is 17.6. The number of hydrogen-bond donors (Lipinski definition) is 2. The van der Waals surface area contributed by atoms with Crippen LogP contribution in [0.4, 0.5) is 0 Å². The van der Waals surface area contributed by atoms with Gasteiger partial charge in [0, 0.05) is 37.0 Å². The van der Waals surface area contributed by atoms with E-state index in [0.29, 0.717) is 18.7 Å². The molecular weight excluding hydrogens is 370 g/mol. The molecule has 2 fully saturated rings. The van der Waals surface area contributed by atoms with Gasteiger partial charge in [0.2, 0.25) is 0 Å². The molecule has 7 nitrogen and oxygen atoms in total. The largest absolute Gasteiger partial charge is 0.491 e. The molecule has 0 bridgehead atoms. The first-order valence-electron chi connectivity index (χ1n) is 10.7. The van der Waals surface area contributed by atoms with Crippen molar-refractivity contribution in [1.29, 1.82) is 0 Å². The third kappa shape index (κ3) is 5.78. The lowest BCUT2D eigenvalue weighted by molar-refractivity contribution is -0.146.